The fraction of sp³-hybridized carbons (Fsp3) is 0.348. The van der Waals surface area contributed by atoms with Crippen LogP contribution in [-0.4, -0.2) is 47.0 Å². The highest BCUT2D eigenvalue weighted by Gasteiger charge is 2.28. The van der Waals surface area contributed by atoms with E-state index in [4.69, 9.17) is 4.74 Å². The second-order valence-corrected chi connectivity index (χ2v) is 7.93. The molecule has 1 unspecified atom stereocenters. The molecule has 2 N–H and O–H groups in total. The zero-order valence-electron chi connectivity index (χ0n) is 17.6. The number of rotatable bonds is 6. The van der Waals surface area contributed by atoms with Gasteiger partial charge in [-0.1, -0.05) is 0 Å². The quantitative estimate of drug-likeness (QED) is 0.456. The molecule has 1 atom stereocenters. The first-order valence-electron chi connectivity index (χ1n) is 10.4. The molecule has 1 saturated heterocycles. The van der Waals surface area contributed by atoms with Gasteiger partial charge in [-0.05, 0) is 74.7 Å². The van der Waals surface area contributed by atoms with Crippen molar-refractivity contribution in [3.8, 4) is 5.75 Å². The number of fused-ring (bicyclic) bond motifs is 1. The number of hydrogen-bond donors (Lipinski definition) is 2. The van der Waals surface area contributed by atoms with Crippen molar-refractivity contribution in [1.29, 1.82) is 0 Å². The van der Waals surface area contributed by atoms with Crippen LogP contribution in [0, 0.1) is 10.1 Å². The van der Waals surface area contributed by atoms with E-state index in [2.05, 4.69) is 27.5 Å². The average Bonchev–Trinajstić information content (AvgIpc) is 3.22. The minimum absolute atomic E-state index is 0.00280. The largest absolute Gasteiger partial charge is 0.497 e. The SMILES string of the molecule is COc1ccc2[nH]cc(C3CCN(C(C)C(=O)Nc4ccc([N+](=O)[O-])cc4)CC3)c2c1. The molecule has 162 valence electrons. The monoisotopic (exact) mass is 422 g/mol. The van der Waals surface area contributed by atoms with Gasteiger partial charge < -0.3 is 15.0 Å². The van der Waals surface area contributed by atoms with E-state index in [1.54, 1.807) is 19.2 Å². The molecule has 1 aliphatic heterocycles. The van der Waals surface area contributed by atoms with Crippen LogP contribution >= 0.6 is 0 Å². The van der Waals surface area contributed by atoms with Crippen LogP contribution < -0.4 is 10.1 Å². The van der Waals surface area contributed by atoms with Crippen LogP contribution in [0.1, 0.15) is 31.2 Å². The number of aromatic amines is 1. The molecule has 4 rings (SSSR count). The number of likely N-dealkylation sites (tertiary alicyclic amines) is 1. The molecule has 0 radical (unpaired) electrons. The van der Waals surface area contributed by atoms with Crippen LogP contribution in [0.3, 0.4) is 0 Å². The van der Waals surface area contributed by atoms with E-state index in [-0.39, 0.29) is 17.6 Å². The molecule has 2 aromatic carbocycles. The molecule has 1 aliphatic rings. The fourth-order valence-corrected chi connectivity index (χ4v) is 4.26. The summed E-state index contributed by atoms with van der Waals surface area (Å²) in [5.41, 5.74) is 2.97. The number of ether oxygens (including phenoxy) is 1. The van der Waals surface area contributed by atoms with Gasteiger partial charge >= 0.3 is 0 Å². The number of piperidine rings is 1. The molecule has 0 bridgehead atoms. The minimum atomic E-state index is -0.456. The number of nitro benzene ring substituents is 1. The summed E-state index contributed by atoms with van der Waals surface area (Å²) < 4.78 is 5.38. The zero-order chi connectivity index (χ0) is 22.0. The van der Waals surface area contributed by atoms with Crippen molar-refractivity contribution in [2.45, 2.75) is 31.7 Å². The lowest BCUT2D eigenvalue weighted by molar-refractivity contribution is -0.384. The van der Waals surface area contributed by atoms with E-state index >= 15 is 0 Å². The highest BCUT2D eigenvalue weighted by Crippen LogP contribution is 2.35. The molecular formula is C23H26N4O4. The number of amides is 1. The molecule has 8 nitrogen and oxygen atoms in total. The Balaban J connectivity index is 1.37. The van der Waals surface area contributed by atoms with Crippen molar-refractivity contribution >= 4 is 28.2 Å². The van der Waals surface area contributed by atoms with Crippen molar-refractivity contribution in [3.63, 3.8) is 0 Å². The number of non-ortho nitro benzene ring substituents is 1. The van der Waals surface area contributed by atoms with E-state index in [9.17, 15) is 14.9 Å². The average molecular weight is 422 g/mol. The number of nitrogens with zero attached hydrogens (tertiary/aromatic N) is 2. The Bertz CT molecular complexity index is 1080. The molecule has 1 aromatic heterocycles. The third kappa shape index (κ3) is 4.39. The summed E-state index contributed by atoms with van der Waals surface area (Å²) in [6.45, 7) is 3.56. The number of methoxy groups -OCH3 is 1. The Morgan fingerprint density at radius 1 is 1.23 bits per heavy atom. The van der Waals surface area contributed by atoms with Crippen molar-refractivity contribution in [2.24, 2.45) is 0 Å². The van der Waals surface area contributed by atoms with Crippen LogP contribution in [0.4, 0.5) is 11.4 Å². The van der Waals surface area contributed by atoms with Gasteiger partial charge in [0.2, 0.25) is 5.91 Å². The summed E-state index contributed by atoms with van der Waals surface area (Å²) in [4.78, 5) is 28.5. The molecule has 0 aliphatic carbocycles. The first-order valence-corrected chi connectivity index (χ1v) is 10.4. The first-order chi connectivity index (χ1) is 15.0. The van der Waals surface area contributed by atoms with Gasteiger partial charge in [-0.15, -0.1) is 0 Å². The number of hydrogen-bond acceptors (Lipinski definition) is 5. The molecular weight excluding hydrogens is 396 g/mol. The summed E-state index contributed by atoms with van der Waals surface area (Å²) in [5.74, 6) is 1.17. The summed E-state index contributed by atoms with van der Waals surface area (Å²) in [6.07, 6.45) is 4.04. The number of carbonyl (C=O) groups excluding carboxylic acids is 1. The van der Waals surface area contributed by atoms with Gasteiger partial charge in [0.1, 0.15) is 5.75 Å². The lowest BCUT2D eigenvalue weighted by atomic mass is 9.88. The maximum absolute atomic E-state index is 12.7. The predicted molar refractivity (Wildman–Crippen MR) is 120 cm³/mol. The molecule has 31 heavy (non-hydrogen) atoms. The summed E-state index contributed by atoms with van der Waals surface area (Å²) in [5, 5.41) is 14.8. The molecule has 0 saturated carbocycles. The van der Waals surface area contributed by atoms with E-state index < -0.39 is 4.92 Å². The minimum Gasteiger partial charge on any atom is -0.497 e. The third-order valence-electron chi connectivity index (χ3n) is 6.16. The molecule has 3 aromatic rings. The Kier molecular flexibility index (Phi) is 5.90. The van der Waals surface area contributed by atoms with Gasteiger partial charge in [0.25, 0.3) is 5.69 Å². The number of nitrogens with one attached hydrogen (secondary N) is 2. The van der Waals surface area contributed by atoms with Gasteiger partial charge in [0.15, 0.2) is 0 Å². The Hall–Kier alpha value is -3.39. The summed E-state index contributed by atoms with van der Waals surface area (Å²) in [7, 11) is 1.68. The van der Waals surface area contributed by atoms with Crippen LogP contribution in [0.5, 0.6) is 5.75 Å². The first kappa shape index (κ1) is 20.9. The predicted octanol–water partition coefficient (Wildman–Crippen LogP) is 4.29. The number of carbonyl (C=O) groups is 1. The van der Waals surface area contributed by atoms with Crippen molar-refractivity contribution in [3.05, 3.63) is 64.3 Å². The van der Waals surface area contributed by atoms with Gasteiger partial charge in [-0.3, -0.25) is 19.8 Å². The molecule has 1 amide bonds. The van der Waals surface area contributed by atoms with Crippen molar-refractivity contribution in [1.82, 2.24) is 9.88 Å². The highest BCUT2D eigenvalue weighted by atomic mass is 16.6. The van der Waals surface area contributed by atoms with Crippen LogP contribution in [0.2, 0.25) is 0 Å². The van der Waals surface area contributed by atoms with E-state index in [1.165, 1.54) is 23.1 Å². The van der Waals surface area contributed by atoms with E-state index in [0.717, 1.165) is 37.2 Å². The number of anilines is 1. The van der Waals surface area contributed by atoms with Crippen LogP contribution in [0.15, 0.2) is 48.7 Å². The van der Waals surface area contributed by atoms with Gasteiger partial charge in [-0.2, -0.15) is 0 Å². The topological polar surface area (TPSA) is 100 Å². The van der Waals surface area contributed by atoms with Gasteiger partial charge in [0.05, 0.1) is 18.1 Å². The van der Waals surface area contributed by atoms with E-state index in [0.29, 0.717) is 11.6 Å². The second kappa shape index (κ2) is 8.77. The molecule has 8 heteroatoms. The summed E-state index contributed by atoms with van der Waals surface area (Å²) in [6, 6.07) is 11.7. The van der Waals surface area contributed by atoms with Crippen LogP contribution in [0.25, 0.3) is 10.9 Å². The Morgan fingerprint density at radius 3 is 2.58 bits per heavy atom. The summed E-state index contributed by atoms with van der Waals surface area (Å²) >= 11 is 0. The number of nitro groups is 1. The van der Waals surface area contributed by atoms with Crippen molar-refractivity contribution < 1.29 is 14.5 Å². The standard InChI is InChI=1S/C23H26N4O4/c1-15(23(28)25-17-3-5-18(6-4-17)27(29)30)26-11-9-16(10-12-26)21-14-24-22-8-7-19(31-2)13-20(21)22/h3-8,13-16,24H,9-12H2,1-2H3,(H,25,28). The highest BCUT2D eigenvalue weighted by molar-refractivity contribution is 5.94. The molecule has 0 spiro atoms. The number of aromatic nitrogens is 1. The molecule has 2 heterocycles. The molecule has 1 fully saturated rings. The lowest BCUT2D eigenvalue weighted by Crippen LogP contribution is -2.45. The zero-order valence-corrected chi connectivity index (χ0v) is 17.6. The maximum Gasteiger partial charge on any atom is 0.269 e. The number of benzene rings is 2. The number of H-pyrrole nitrogens is 1. The normalized spacial score (nSPS) is 16.2. The second-order valence-electron chi connectivity index (χ2n) is 7.93. The van der Waals surface area contributed by atoms with Crippen LogP contribution in [-0.2, 0) is 4.79 Å². The maximum atomic E-state index is 12.7. The lowest BCUT2D eigenvalue weighted by Gasteiger charge is -2.35. The third-order valence-corrected chi connectivity index (χ3v) is 6.16. The van der Waals surface area contributed by atoms with Crippen molar-refractivity contribution in [2.75, 3.05) is 25.5 Å². The fourth-order valence-electron chi connectivity index (χ4n) is 4.26. The Morgan fingerprint density at radius 2 is 1.94 bits per heavy atom. The van der Waals surface area contributed by atoms with E-state index in [1.807, 2.05) is 19.1 Å². The van der Waals surface area contributed by atoms with Gasteiger partial charge in [-0.25, -0.2) is 0 Å². The van der Waals surface area contributed by atoms with Gasteiger partial charge in [0, 0.05) is 34.9 Å². The smallest absolute Gasteiger partial charge is 0.269 e. The Labute approximate surface area is 180 Å².